The number of piperazine rings is 1. The first-order valence-corrected chi connectivity index (χ1v) is 15.1. The quantitative estimate of drug-likeness (QED) is 0.378. The van der Waals surface area contributed by atoms with Crippen LogP contribution in [0.2, 0.25) is 0 Å². The highest BCUT2D eigenvalue weighted by molar-refractivity contribution is 6.12. The molecule has 0 spiro atoms. The molecule has 1 aromatic heterocycles. The van der Waals surface area contributed by atoms with Gasteiger partial charge >= 0.3 is 6.01 Å². The Labute approximate surface area is 257 Å². The Morgan fingerprint density at radius 3 is 2.73 bits per heavy atom. The number of likely N-dealkylation sites (tertiary alicyclic amines) is 1. The lowest BCUT2D eigenvalue weighted by molar-refractivity contribution is -0.128. The number of hydrogen-bond donors (Lipinski definition) is 0. The second-order valence-electron chi connectivity index (χ2n) is 11.5. The maximum atomic E-state index is 14.4. The van der Waals surface area contributed by atoms with Crippen LogP contribution in [0.25, 0.3) is 10.8 Å². The van der Waals surface area contributed by atoms with Crippen LogP contribution in [-0.2, 0) is 4.79 Å². The topological polar surface area (TPSA) is 115 Å². The molecule has 4 heterocycles. The fourth-order valence-electron chi connectivity index (χ4n) is 6.50. The van der Waals surface area contributed by atoms with Gasteiger partial charge in [-0.1, -0.05) is 36.9 Å². The number of aromatic nitrogens is 2. The zero-order valence-electron chi connectivity index (χ0n) is 25.2. The Bertz CT molecular complexity index is 1630. The van der Waals surface area contributed by atoms with E-state index in [1.54, 1.807) is 9.80 Å². The summed E-state index contributed by atoms with van der Waals surface area (Å²) < 4.78 is 12.5. The molecule has 0 bridgehead atoms. The molecule has 2 fully saturated rings. The summed E-state index contributed by atoms with van der Waals surface area (Å²) in [7, 11) is 2.07. The van der Waals surface area contributed by atoms with E-state index >= 15 is 0 Å². The second-order valence-corrected chi connectivity index (χ2v) is 11.5. The average molecular weight is 596 g/mol. The van der Waals surface area contributed by atoms with E-state index in [0.717, 1.165) is 41.4 Å². The third-order valence-electron chi connectivity index (χ3n) is 8.86. The van der Waals surface area contributed by atoms with Gasteiger partial charge in [0.25, 0.3) is 5.91 Å². The van der Waals surface area contributed by atoms with Crippen LogP contribution in [0.3, 0.4) is 0 Å². The Balaban J connectivity index is 1.40. The van der Waals surface area contributed by atoms with Crippen molar-refractivity contribution in [2.24, 2.45) is 0 Å². The standard InChI is InChI=1S/C33H37N7O4/c1-4-27(41)39-17-16-38(20-24(39)13-14-34)31-30-29(35-33(36-31)44-21-25-11-7-15-37(25)3)32(42)40(18-19-43-30)26-12-6-10-23-9-5-8-22(2)28(23)26/h4-6,8-10,12,24-25H,1,7,11,13,15-21H2,2-3H3/t24-,25+/m0/s1. The average Bonchev–Trinajstić information content (AvgIpc) is 3.38. The van der Waals surface area contributed by atoms with Crippen LogP contribution in [0.15, 0.2) is 49.1 Å². The van der Waals surface area contributed by atoms with Crippen LogP contribution in [0, 0.1) is 18.3 Å². The number of rotatable bonds is 7. The van der Waals surface area contributed by atoms with Gasteiger partial charge in [-0.3, -0.25) is 9.59 Å². The minimum absolute atomic E-state index is 0.105. The lowest BCUT2D eigenvalue weighted by Gasteiger charge is -2.41. The van der Waals surface area contributed by atoms with Crippen LogP contribution < -0.4 is 19.3 Å². The number of carbonyl (C=O) groups is 2. The summed E-state index contributed by atoms with van der Waals surface area (Å²) >= 11 is 0. The van der Waals surface area contributed by atoms with Crippen molar-refractivity contribution in [1.29, 1.82) is 5.26 Å². The molecule has 3 aliphatic rings. The number of nitrogens with zero attached hydrogens (tertiary/aromatic N) is 7. The summed E-state index contributed by atoms with van der Waals surface area (Å²) in [5.41, 5.74) is 2.00. The molecule has 2 atom stereocenters. The van der Waals surface area contributed by atoms with Crippen molar-refractivity contribution in [3.63, 3.8) is 0 Å². The summed E-state index contributed by atoms with van der Waals surface area (Å²) in [6.45, 7) is 8.76. The summed E-state index contributed by atoms with van der Waals surface area (Å²) in [4.78, 5) is 44.0. The Morgan fingerprint density at radius 1 is 1.16 bits per heavy atom. The second kappa shape index (κ2) is 12.5. The first-order chi connectivity index (χ1) is 21.4. The molecule has 11 heteroatoms. The number of aryl methyl sites for hydroxylation is 1. The number of ether oxygens (including phenoxy) is 2. The molecule has 228 valence electrons. The molecule has 0 unspecified atom stereocenters. The number of anilines is 2. The fraction of sp³-hybridized carbons (Fsp3) is 0.424. The Kier molecular flexibility index (Phi) is 8.35. The molecule has 0 radical (unpaired) electrons. The van der Waals surface area contributed by atoms with Gasteiger partial charge in [0.15, 0.2) is 17.3 Å². The van der Waals surface area contributed by atoms with Gasteiger partial charge < -0.3 is 29.1 Å². The molecular weight excluding hydrogens is 558 g/mol. The lowest BCUT2D eigenvalue weighted by Crippen LogP contribution is -2.55. The number of carbonyl (C=O) groups excluding carboxylic acids is 2. The fourth-order valence-corrected chi connectivity index (χ4v) is 6.50. The minimum Gasteiger partial charge on any atom is -0.486 e. The van der Waals surface area contributed by atoms with Crippen LogP contribution >= 0.6 is 0 Å². The first-order valence-electron chi connectivity index (χ1n) is 15.1. The van der Waals surface area contributed by atoms with Crippen molar-refractivity contribution in [2.75, 3.05) is 62.8 Å². The van der Waals surface area contributed by atoms with Gasteiger partial charge in [-0.15, -0.1) is 0 Å². The molecule has 3 aliphatic heterocycles. The van der Waals surface area contributed by atoms with E-state index < -0.39 is 0 Å². The van der Waals surface area contributed by atoms with Gasteiger partial charge in [0, 0.05) is 31.1 Å². The van der Waals surface area contributed by atoms with E-state index in [-0.39, 0.29) is 48.6 Å². The van der Waals surface area contributed by atoms with Gasteiger partial charge in [-0.25, -0.2) is 0 Å². The van der Waals surface area contributed by atoms with Crippen molar-refractivity contribution < 1.29 is 19.1 Å². The van der Waals surface area contributed by atoms with Crippen molar-refractivity contribution >= 4 is 34.1 Å². The van der Waals surface area contributed by atoms with Crippen molar-refractivity contribution in [3.05, 3.63) is 60.3 Å². The van der Waals surface area contributed by atoms with E-state index in [9.17, 15) is 14.9 Å². The molecule has 6 rings (SSSR count). The summed E-state index contributed by atoms with van der Waals surface area (Å²) in [6, 6.07) is 14.2. The number of hydrogen-bond acceptors (Lipinski definition) is 9. The molecule has 44 heavy (non-hydrogen) atoms. The Hall–Kier alpha value is -4.69. The first kappa shape index (κ1) is 29.4. The highest BCUT2D eigenvalue weighted by Crippen LogP contribution is 2.38. The number of benzene rings is 2. The lowest BCUT2D eigenvalue weighted by atomic mass is 10.0. The van der Waals surface area contributed by atoms with Crippen LogP contribution in [0.4, 0.5) is 11.5 Å². The summed E-state index contributed by atoms with van der Waals surface area (Å²) in [5, 5.41) is 11.6. The third kappa shape index (κ3) is 5.53. The van der Waals surface area contributed by atoms with E-state index in [2.05, 4.69) is 29.6 Å². The van der Waals surface area contributed by atoms with E-state index in [1.165, 1.54) is 6.08 Å². The predicted molar refractivity (Wildman–Crippen MR) is 167 cm³/mol. The Morgan fingerprint density at radius 2 is 1.98 bits per heavy atom. The zero-order chi connectivity index (χ0) is 30.8. The SMILES string of the molecule is C=CC(=O)N1CCN(c2nc(OC[C@H]3CCCN3C)nc3c2OCCN(c2cccc4cccc(C)c24)C3=O)C[C@@H]1CC#N. The molecule has 11 nitrogen and oxygen atoms in total. The highest BCUT2D eigenvalue weighted by Gasteiger charge is 2.36. The molecule has 0 saturated carbocycles. The molecular formula is C33H37N7O4. The molecule has 2 amide bonds. The summed E-state index contributed by atoms with van der Waals surface area (Å²) in [6.07, 6.45) is 3.53. The number of nitriles is 1. The molecule has 0 N–H and O–H groups in total. The highest BCUT2D eigenvalue weighted by atomic mass is 16.5. The maximum Gasteiger partial charge on any atom is 0.319 e. The molecule has 3 aromatic rings. The summed E-state index contributed by atoms with van der Waals surface area (Å²) in [5.74, 6) is 0.207. The molecule has 0 aliphatic carbocycles. The van der Waals surface area contributed by atoms with Gasteiger partial charge in [-0.2, -0.15) is 15.2 Å². The van der Waals surface area contributed by atoms with Crippen molar-refractivity contribution in [3.8, 4) is 17.8 Å². The smallest absolute Gasteiger partial charge is 0.319 e. The van der Waals surface area contributed by atoms with Crippen LogP contribution in [0.5, 0.6) is 11.8 Å². The number of amides is 2. The molecule has 2 aromatic carbocycles. The van der Waals surface area contributed by atoms with E-state index in [1.807, 2.05) is 48.2 Å². The van der Waals surface area contributed by atoms with E-state index in [0.29, 0.717) is 44.4 Å². The zero-order valence-corrected chi connectivity index (χ0v) is 25.2. The predicted octanol–water partition coefficient (Wildman–Crippen LogP) is 3.57. The van der Waals surface area contributed by atoms with Crippen molar-refractivity contribution in [1.82, 2.24) is 19.8 Å². The van der Waals surface area contributed by atoms with Gasteiger partial charge in [-0.05, 0) is 56.4 Å². The van der Waals surface area contributed by atoms with Gasteiger partial charge in [0.05, 0.1) is 30.8 Å². The molecule has 2 saturated heterocycles. The van der Waals surface area contributed by atoms with E-state index in [4.69, 9.17) is 14.5 Å². The van der Waals surface area contributed by atoms with Gasteiger partial charge in [0.1, 0.15) is 13.2 Å². The van der Waals surface area contributed by atoms with Crippen LogP contribution in [-0.4, -0.2) is 96.7 Å². The normalized spacial score (nSPS) is 20.6. The third-order valence-corrected chi connectivity index (χ3v) is 8.86. The van der Waals surface area contributed by atoms with Crippen molar-refractivity contribution in [2.45, 2.75) is 38.3 Å². The number of fused-ring (bicyclic) bond motifs is 2. The number of likely N-dealkylation sites (N-methyl/N-ethyl adjacent to an activating group) is 1. The minimum atomic E-state index is -0.377. The largest absolute Gasteiger partial charge is 0.486 e. The monoisotopic (exact) mass is 595 g/mol. The van der Waals surface area contributed by atoms with Crippen LogP contribution in [0.1, 0.15) is 35.3 Å². The van der Waals surface area contributed by atoms with Gasteiger partial charge in [0.2, 0.25) is 5.91 Å². The maximum absolute atomic E-state index is 14.4.